The molecule has 1 atom stereocenters. The molecule has 1 saturated carbocycles. The van der Waals surface area contributed by atoms with E-state index in [-0.39, 0.29) is 0 Å². The van der Waals surface area contributed by atoms with Crippen molar-refractivity contribution in [3.63, 3.8) is 0 Å². The first-order chi connectivity index (χ1) is 7.31. The van der Waals surface area contributed by atoms with E-state index in [0.717, 1.165) is 0 Å². The molecule has 84 valence electrons. The van der Waals surface area contributed by atoms with Gasteiger partial charge in [-0.05, 0) is 29.2 Å². The minimum absolute atomic E-state index is 0.303. The summed E-state index contributed by atoms with van der Waals surface area (Å²) in [7, 11) is 1.82. The predicted molar refractivity (Wildman–Crippen MR) is 57.2 cm³/mol. The molecule has 6 nitrogen and oxygen atoms in total. The van der Waals surface area contributed by atoms with Crippen LogP contribution in [-0.2, 0) is 7.05 Å². The van der Waals surface area contributed by atoms with Gasteiger partial charge in [0.05, 0.1) is 0 Å². The number of anilines is 1. The molecule has 0 radical (unpaired) electrons. The highest BCUT2D eigenvalue weighted by atomic mass is 15.6. The Bertz CT molecular complexity index is 303. The maximum absolute atomic E-state index is 5.78. The van der Waals surface area contributed by atoms with Crippen molar-refractivity contribution in [1.82, 2.24) is 20.2 Å². The van der Waals surface area contributed by atoms with Crippen molar-refractivity contribution in [1.29, 1.82) is 0 Å². The zero-order valence-corrected chi connectivity index (χ0v) is 9.06. The number of nitrogens with one attached hydrogen (secondary N) is 1. The average Bonchev–Trinajstić information content (AvgIpc) is 2.86. The van der Waals surface area contributed by atoms with E-state index in [4.69, 9.17) is 5.73 Å². The van der Waals surface area contributed by atoms with Crippen LogP contribution in [0.5, 0.6) is 0 Å². The molecular formula is C9H18N6. The lowest BCUT2D eigenvalue weighted by molar-refractivity contribution is 0.458. The molecule has 1 fully saturated rings. The standard InChI is InChI=1S/C9H18N6/c1-15-9(12-13-14-15)11-8(6-10)7-4-2-3-5-7/h7-8H,2-6,10H2,1H3,(H,11,12,14). The Balaban J connectivity index is 1.98. The molecule has 2 rings (SSSR count). The number of aryl methyl sites for hydroxylation is 1. The Morgan fingerprint density at radius 2 is 2.27 bits per heavy atom. The van der Waals surface area contributed by atoms with Crippen LogP contribution in [0.15, 0.2) is 0 Å². The second kappa shape index (κ2) is 4.57. The van der Waals surface area contributed by atoms with Gasteiger partial charge < -0.3 is 11.1 Å². The van der Waals surface area contributed by atoms with Crippen LogP contribution in [0.4, 0.5) is 5.95 Å². The minimum atomic E-state index is 0.303. The molecule has 1 heterocycles. The molecule has 0 aromatic carbocycles. The molecule has 0 aliphatic heterocycles. The third kappa shape index (κ3) is 2.26. The van der Waals surface area contributed by atoms with Crippen molar-refractivity contribution in [3.05, 3.63) is 0 Å². The highest BCUT2D eigenvalue weighted by Gasteiger charge is 2.24. The SMILES string of the molecule is Cn1nnnc1NC(CN)C1CCCC1. The number of rotatable bonds is 4. The maximum Gasteiger partial charge on any atom is 0.242 e. The Labute approximate surface area is 89.2 Å². The molecule has 0 saturated heterocycles. The largest absolute Gasteiger partial charge is 0.349 e. The first kappa shape index (κ1) is 10.4. The van der Waals surface area contributed by atoms with E-state index in [1.165, 1.54) is 25.7 Å². The highest BCUT2D eigenvalue weighted by molar-refractivity contribution is 5.24. The second-order valence-electron chi connectivity index (χ2n) is 4.16. The van der Waals surface area contributed by atoms with Gasteiger partial charge in [-0.3, -0.25) is 0 Å². The highest BCUT2D eigenvalue weighted by Crippen LogP contribution is 2.28. The summed E-state index contributed by atoms with van der Waals surface area (Å²) in [5, 5.41) is 14.6. The number of hydrogen-bond donors (Lipinski definition) is 2. The Kier molecular flexibility index (Phi) is 3.15. The summed E-state index contributed by atoms with van der Waals surface area (Å²) >= 11 is 0. The minimum Gasteiger partial charge on any atom is -0.349 e. The molecule has 1 unspecified atom stereocenters. The van der Waals surface area contributed by atoms with Crippen molar-refractivity contribution in [2.75, 3.05) is 11.9 Å². The van der Waals surface area contributed by atoms with Crippen LogP contribution in [0.25, 0.3) is 0 Å². The van der Waals surface area contributed by atoms with E-state index < -0.39 is 0 Å². The van der Waals surface area contributed by atoms with Crippen LogP contribution in [0.3, 0.4) is 0 Å². The first-order valence-corrected chi connectivity index (χ1v) is 5.50. The lowest BCUT2D eigenvalue weighted by Gasteiger charge is -2.22. The Morgan fingerprint density at radius 3 is 2.80 bits per heavy atom. The number of nitrogens with zero attached hydrogens (tertiary/aromatic N) is 4. The fourth-order valence-electron chi connectivity index (χ4n) is 2.25. The molecular weight excluding hydrogens is 192 g/mol. The van der Waals surface area contributed by atoms with E-state index in [2.05, 4.69) is 20.8 Å². The topological polar surface area (TPSA) is 81.7 Å². The monoisotopic (exact) mass is 210 g/mol. The van der Waals surface area contributed by atoms with E-state index in [0.29, 0.717) is 24.5 Å². The Hall–Kier alpha value is -1.17. The molecule has 6 heteroatoms. The zero-order chi connectivity index (χ0) is 10.7. The van der Waals surface area contributed by atoms with Gasteiger partial charge >= 0.3 is 0 Å². The van der Waals surface area contributed by atoms with Gasteiger partial charge in [-0.1, -0.05) is 17.9 Å². The predicted octanol–water partition coefficient (Wildman–Crippen LogP) is 0.139. The fraction of sp³-hybridized carbons (Fsp3) is 0.889. The molecule has 1 aliphatic carbocycles. The molecule has 0 bridgehead atoms. The van der Waals surface area contributed by atoms with Crippen molar-refractivity contribution >= 4 is 5.95 Å². The number of nitrogens with two attached hydrogens (primary N) is 1. The van der Waals surface area contributed by atoms with Gasteiger partial charge in [0.15, 0.2) is 0 Å². The maximum atomic E-state index is 5.78. The van der Waals surface area contributed by atoms with Crippen LogP contribution < -0.4 is 11.1 Å². The molecule has 15 heavy (non-hydrogen) atoms. The average molecular weight is 210 g/mol. The summed E-state index contributed by atoms with van der Waals surface area (Å²) in [5.74, 6) is 1.38. The van der Waals surface area contributed by atoms with E-state index in [1.807, 2.05) is 7.05 Å². The summed E-state index contributed by atoms with van der Waals surface area (Å²) in [6, 6.07) is 0.303. The number of tetrazole rings is 1. The van der Waals surface area contributed by atoms with Crippen molar-refractivity contribution < 1.29 is 0 Å². The summed E-state index contributed by atoms with van der Waals surface area (Å²) in [6.07, 6.45) is 5.17. The van der Waals surface area contributed by atoms with E-state index in [1.54, 1.807) is 4.68 Å². The van der Waals surface area contributed by atoms with Crippen molar-refractivity contribution in [2.24, 2.45) is 18.7 Å². The summed E-state index contributed by atoms with van der Waals surface area (Å²) in [6.45, 7) is 0.636. The third-order valence-corrected chi connectivity index (χ3v) is 3.16. The summed E-state index contributed by atoms with van der Waals surface area (Å²) in [5.41, 5.74) is 5.78. The fourth-order valence-corrected chi connectivity index (χ4v) is 2.25. The first-order valence-electron chi connectivity index (χ1n) is 5.50. The van der Waals surface area contributed by atoms with Crippen LogP contribution in [-0.4, -0.2) is 32.8 Å². The van der Waals surface area contributed by atoms with Gasteiger partial charge in [-0.25, -0.2) is 4.68 Å². The van der Waals surface area contributed by atoms with Crippen molar-refractivity contribution in [3.8, 4) is 0 Å². The van der Waals surface area contributed by atoms with Gasteiger partial charge in [0.25, 0.3) is 0 Å². The van der Waals surface area contributed by atoms with Gasteiger partial charge in [0.1, 0.15) is 0 Å². The molecule has 1 aromatic heterocycles. The quantitative estimate of drug-likeness (QED) is 0.738. The van der Waals surface area contributed by atoms with Crippen LogP contribution in [0, 0.1) is 5.92 Å². The molecule has 0 spiro atoms. The molecule has 1 aliphatic rings. The van der Waals surface area contributed by atoms with Gasteiger partial charge in [0.2, 0.25) is 5.95 Å². The number of aromatic nitrogens is 4. The van der Waals surface area contributed by atoms with Crippen LogP contribution in [0.2, 0.25) is 0 Å². The lowest BCUT2D eigenvalue weighted by Crippen LogP contribution is -2.36. The molecule has 3 N–H and O–H groups in total. The van der Waals surface area contributed by atoms with E-state index >= 15 is 0 Å². The summed E-state index contributed by atoms with van der Waals surface area (Å²) in [4.78, 5) is 0. The van der Waals surface area contributed by atoms with Gasteiger partial charge in [-0.2, -0.15) is 0 Å². The Morgan fingerprint density at radius 1 is 1.53 bits per heavy atom. The number of hydrogen-bond acceptors (Lipinski definition) is 5. The third-order valence-electron chi connectivity index (χ3n) is 3.16. The zero-order valence-electron chi connectivity index (χ0n) is 9.06. The van der Waals surface area contributed by atoms with Crippen LogP contribution >= 0.6 is 0 Å². The van der Waals surface area contributed by atoms with Gasteiger partial charge in [0, 0.05) is 19.6 Å². The smallest absolute Gasteiger partial charge is 0.242 e. The molecule has 1 aromatic rings. The lowest BCUT2D eigenvalue weighted by atomic mass is 9.98. The van der Waals surface area contributed by atoms with Crippen LogP contribution in [0.1, 0.15) is 25.7 Å². The normalized spacial score (nSPS) is 19.3. The van der Waals surface area contributed by atoms with Crippen molar-refractivity contribution in [2.45, 2.75) is 31.7 Å². The van der Waals surface area contributed by atoms with E-state index in [9.17, 15) is 0 Å². The molecule has 0 amide bonds. The summed E-state index contributed by atoms with van der Waals surface area (Å²) < 4.78 is 1.64. The second-order valence-corrected chi connectivity index (χ2v) is 4.16. The van der Waals surface area contributed by atoms with Gasteiger partial charge in [-0.15, -0.1) is 0 Å².